The van der Waals surface area contributed by atoms with Crippen molar-refractivity contribution in [1.82, 2.24) is 9.80 Å². The third-order valence-corrected chi connectivity index (χ3v) is 5.13. The van der Waals surface area contributed by atoms with E-state index in [2.05, 4.69) is 11.9 Å². The van der Waals surface area contributed by atoms with Crippen LogP contribution in [-0.2, 0) is 4.79 Å². The van der Waals surface area contributed by atoms with E-state index in [-0.39, 0.29) is 10.1 Å². The number of thioether (sulfide) groups is 1. The molecule has 1 amide bonds. The zero-order valence-corrected chi connectivity index (χ0v) is 9.93. The van der Waals surface area contributed by atoms with Crippen LogP contribution in [-0.4, -0.2) is 53.0 Å². The number of nitrogens with zero attached hydrogens (tertiary/aromatic N) is 2. The summed E-state index contributed by atoms with van der Waals surface area (Å²) in [4.78, 5) is 16.2. The largest absolute Gasteiger partial charge is 0.330 e. The smallest absolute Gasteiger partial charge is 0.236 e. The van der Waals surface area contributed by atoms with Crippen molar-refractivity contribution in [1.29, 1.82) is 0 Å². The standard InChI is InChI=1S/C10H18N2OS/c1-8-9(13)12(3)10(14-8)4-6-11(2)7-5-10/h8H,4-7H2,1-3H3. The van der Waals surface area contributed by atoms with Gasteiger partial charge in [0.25, 0.3) is 0 Å². The maximum Gasteiger partial charge on any atom is 0.236 e. The molecule has 2 heterocycles. The van der Waals surface area contributed by atoms with Gasteiger partial charge in [0.05, 0.1) is 10.1 Å². The van der Waals surface area contributed by atoms with Crippen LogP contribution in [0, 0.1) is 0 Å². The summed E-state index contributed by atoms with van der Waals surface area (Å²) in [6.07, 6.45) is 2.22. The van der Waals surface area contributed by atoms with Gasteiger partial charge in [0.15, 0.2) is 0 Å². The average Bonchev–Trinajstić information content (AvgIpc) is 2.37. The zero-order valence-electron chi connectivity index (χ0n) is 9.12. The second kappa shape index (κ2) is 3.42. The van der Waals surface area contributed by atoms with Gasteiger partial charge in [0.2, 0.25) is 5.91 Å². The monoisotopic (exact) mass is 214 g/mol. The minimum atomic E-state index is 0.114. The molecule has 2 fully saturated rings. The van der Waals surface area contributed by atoms with Crippen LogP contribution in [0.2, 0.25) is 0 Å². The van der Waals surface area contributed by atoms with Crippen LogP contribution in [0.3, 0.4) is 0 Å². The molecular weight excluding hydrogens is 196 g/mol. The Bertz CT molecular complexity index is 249. The van der Waals surface area contributed by atoms with Crippen LogP contribution in [0.4, 0.5) is 0 Å². The van der Waals surface area contributed by atoms with Crippen molar-refractivity contribution in [2.45, 2.75) is 29.9 Å². The Morgan fingerprint density at radius 3 is 2.36 bits per heavy atom. The lowest BCUT2D eigenvalue weighted by molar-refractivity contribution is -0.131. The number of hydrogen-bond acceptors (Lipinski definition) is 3. The Labute approximate surface area is 89.8 Å². The summed E-state index contributed by atoms with van der Waals surface area (Å²) in [7, 11) is 4.11. The van der Waals surface area contributed by atoms with E-state index in [4.69, 9.17) is 0 Å². The lowest BCUT2D eigenvalue weighted by atomic mass is 10.0. The maximum atomic E-state index is 11.8. The summed E-state index contributed by atoms with van der Waals surface area (Å²) in [5, 5.41) is 0.156. The molecule has 4 heteroatoms. The van der Waals surface area contributed by atoms with Crippen molar-refractivity contribution in [3.8, 4) is 0 Å². The van der Waals surface area contributed by atoms with E-state index in [9.17, 15) is 4.79 Å². The highest BCUT2D eigenvalue weighted by Crippen LogP contribution is 2.46. The van der Waals surface area contributed by atoms with Crippen molar-refractivity contribution in [2.75, 3.05) is 27.2 Å². The summed E-state index contributed by atoms with van der Waals surface area (Å²) < 4.78 is 0. The van der Waals surface area contributed by atoms with E-state index >= 15 is 0 Å². The van der Waals surface area contributed by atoms with E-state index in [1.54, 1.807) is 0 Å². The molecular formula is C10H18N2OS. The third kappa shape index (κ3) is 1.44. The van der Waals surface area contributed by atoms with Gasteiger partial charge in [-0.3, -0.25) is 4.79 Å². The molecule has 0 aromatic rings. The zero-order chi connectivity index (χ0) is 10.3. The summed E-state index contributed by atoms with van der Waals surface area (Å²) in [6, 6.07) is 0. The van der Waals surface area contributed by atoms with Gasteiger partial charge in [-0.25, -0.2) is 0 Å². The molecule has 0 radical (unpaired) electrons. The molecule has 2 rings (SSSR count). The first kappa shape index (κ1) is 10.3. The van der Waals surface area contributed by atoms with Crippen molar-refractivity contribution in [3.05, 3.63) is 0 Å². The van der Waals surface area contributed by atoms with Gasteiger partial charge in [-0.1, -0.05) is 0 Å². The fourth-order valence-electron chi connectivity index (χ4n) is 2.35. The van der Waals surface area contributed by atoms with E-state index in [0.717, 1.165) is 25.9 Å². The number of hydrogen-bond donors (Lipinski definition) is 0. The molecule has 0 bridgehead atoms. The summed E-state index contributed by atoms with van der Waals surface area (Å²) >= 11 is 1.86. The summed E-state index contributed by atoms with van der Waals surface area (Å²) in [5.41, 5.74) is 0. The Morgan fingerprint density at radius 1 is 1.36 bits per heavy atom. The molecule has 0 aromatic heterocycles. The molecule has 0 aliphatic carbocycles. The maximum absolute atomic E-state index is 11.8. The summed E-state index contributed by atoms with van der Waals surface area (Å²) in [6.45, 7) is 4.24. The van der Waals surface area contributed by atoms with Crippen LogP contribution in [0.5, 0.6) is 0 Å². The predicted octanol–water partition coefficient (Wildman–Crippen LogP) is 1.00. The fraction of sp³-hybridized carbons (Fsp3) is 0.900. The first-order valence-corrected chi connectivity index (χ1v) is 6.07. The number of carbonyl (C=O) groups is 1. The number of rotatable bonds is 0. The highest BCUT2D eigenvalue weighted by molar-refractivity contribution is 8.02. The highest BCUT2D eigenvalue weighted by atomic mass is 32.2. The van der Waals surface area contributed by atoms with Crippen LogP contribution >= 0.6 is 11.8 Å². The van der Waals surface area contributed by atoms with Crippen molar-refractivity contribution in [3.63, 3.8) is 0 Å². The molecule has 1 spiro atoms. The number of piperidine rings is 1. The van der Waals surface area contributed by atoms with E-state index in [0.29, 0.717) is 5.91 Å². The molecule has 0 saturated carbocycles. The normalized spacial score (nSPS) is 32.9. The van der Waals surface area contributed by atoms with Crippen molar-refractivity contribution in [2.24, 2.45) is 0 Å². The minimum Gasteiger partial charge on any atom is -0.330 e. The number of likely N-dealkylation sites (tertiary alicyclic amines) is 1. The van der Waals surface area contributed by atoms with Crippen LogP contribution < -0.4 is 0 Å². The molecule has 2 aliphatic rings. The Balaban J connectivity index is 2.14. The quantitative estimate of drug-likeness (QED) is 0.601. The molecule has 14 heavy (non-hydrogen) atoms. The van der Waals surface area contributed by atoms with Crippen molar-refractivity contribution < 1.29 is 4.79 Å². The van der Waals surface area contributed by atoms with Gasteiger partial charge < -0.3 is 9.80 Å². The van der Waals surface area contributed by atoms with Gasteiger partial charge in [-0.15, -0.1) is 11.8 Å². The minimum absolute atomic E-state index is 0.114. The van der Waals surface area contributed by atoms with E-state index in [1.165, 1.54) is 0 Å². The number of amides is 1. The van der Waals surface area contributed by atoms with E-state index in [1.807, 2.05) is 30.6 Å². The molecule has 1 unspecified atom stereocenters. The second-order valence-corrected chi connectivity index (χ2v) is 6.11. The highest BCUT2D eigenvalue weighted by Gasteiger charge is 2.48. The SMILES string of the molecule is CC1SC2(CCN(C)CC2)N(C)C1=O. The van der Waals surface area contributed by atoms with Gasteiger partial charge in [-0.2, -0.15) is 0 Å². The Kier molecular flexibility index (Phi) is 2.52. The van der Waals surface area contributed by atoms with Crippen LogP contribution in [0.25, 0.3) is 0 Å². The first-order chi connectivity index (χ1) is 6.55. The Hall–Kier alpha value is -0.220. The second-order valence-electron chi connectivity index (χ2n) is 4.41. The Morgan fingerprint density at radius 2 is 1.93 bits per heavy atom. The predicted molar refractivity (Wildman–Crippen MR) is 59.3 cm³/mol. The molecule has 0 aromatic carbocycles. The topological polar surface area (TPSA) is 23.6 Å². The van der Waals surface area contributed by atoms with Crippen molar-refractivity contribution >= 4 is 17.7 Å². The van der Waals surface area contributed by atoms with E-state index < -0.39 is 0 Å². The average molecular weight is 214 g/mol. The fourth-order valence-corrected chi connectivity index (χ4v) is 3.94. The lowest BCUT2D eigenvalue weighted by Crippen LogP contribution is -2.49. The molecule has 1 atom stereocenters. The third-order valence-electron chi connectivity index (χ3n) is 3.45. The van der Waals surface area contributed by atoms with Gasteiger partial charge in [0, 0.05) is 20.1 Å². The number of carbonyl (C=O) groups excluding carboxylic acids is 1. The molecule has 2 saturated heterocycles. The van der Waals surface area contributed by atoms with Gasteiger partial charge in [-0.05, 0) is 26.8 Å². The summed E-state index contributed by atoms with van der Waals surface area (Å²) in [5.74, 6) is 0.305. The van der Waals surface area contributed by atoms with Crippen LogP contribution in [0.15, 0.2) is 0 Å². The molecule has 80 valence electrons. The van der Waals surface area contributed by atoms with Gasteiger partial charge in [0.1, 0.15) is 0 Å². The lowest BCUT2D eigenvalue weighted by Gasteiger charge is -2.41. The first-order valence-electron chi connectivity index (χ1n) is 5.19. The molecule has 2 aliphatic heterocycles. The van der Waals surface area contributed by atoms with Crippen LogP contribution in [0.1, 0.15) is 19.8 Å². The molecule has 0 N–H and O–H groups in total. The van der Waals surface area contributed by atoms with Gasteiger partial charge >= 0.3 is 0 Å². The molecule has 3 nitrogen and oxygen atoms in total.